The SMILES string of the molecule is C1=CCC(c2nc(-c3ccccc3)nc(N3C=Cc4cc5c6ccccc6sc5c5cccc3c45)n2)=C1. The van der Waals surface area contributed by atoms with Crippen LogP contribution in [0.25, 0.3) is 54.0 Å². The number of benzene rings is 4. The number of rotatable bonds is 3. The third-order valence-electron chi connectivity index (χ3n) is 7.10. The molecule has 0 amide bonds. The fourth-order valence-electron chi connectivity index (χ4n) is 5.36. The molecule has 0 fully saturated rings. The molecule has 8 rings (SSSR count). The number of allylic oxidation sites excluding steroid dienone is 4. The Labute approximate surface area is 217 Å². The zero-order chi connectivity index (χ0) is 24.3. The molecular weight excluding hydrogens is 472 g/mol. The number of hydrogen-bond donors (Lipinski definition) is 0. The highest BCUT2D eigenvalue weighted by Gasteiger charge is 2.23. The van der Waals surface area contributed by atoms with E-state index in [-0.39, 0.29) is 0 Å². The van der Waals surface area contributed by atoms with E-state index in [4.69, 9.17) is 15.0 Å². The smallest absolute Gasteiger partial charge is 0.238 e. The van der Waals surface area contributed by atoms with Crippen molar-refractivity contribution < 1.29 is 0 Å². The molecule has 5 heteroatoms. The third-order valence-corrected chi connectivity index (χ3v) is 8.32. The van der Waals surface area contributed by atoms with Gasteiger partial charge >= 0.3 is 0 Å². The second kappa shape index (κ2) is 7.95. The molecule has 2 aliphatic rings. The van der Waals surface area contributed by atoms with E-state index < -0.39 is 0 Å². The molecule has 0 bridgehead atoms. The maximum Gasteiger partial charge on any atom is 0.238 e. The molecule has 37 heavy (non-hydrogen) atoms. The van der Waals surface area contributed by atoms with Gasteiger partial charge in [0, 0.05) is 48.3 Å². The monoisotopic (exact) mass is 492 g/mol. The van der Waals surface area contributed by atoms with Crippen LogP contribution in [0.1, 0.15) is 17.8 Å². The summed E-state index contributed by atoms with van der Waals surface area (Å²) in [4.78, 5) is 16.9. The second-order valence-corrected chi connectivity index (χ2v) is 10.4. The maximum atomic E-state index is 4.97. The van der Waals surface area contributed by atoms with Gasteiger partial charge in [0.15, 0.2) is 11.6 Å². The van der Waals surface area contributed by atoms with E-state index in [9.17, 15) is 0 Å². The molecule has 0 N–H and O–H groups in total. The summed E-state index contributed by atoms with van der Waals surface area (Å²) in [6, 6.07) is 27.7. The Morgan fingerprint density at radius 1 is 0.757 bits per heavy atom. The Bertz CT molecular complexity index is 1960. The molecule has 4 aromatic carbocycles. The average molecular weight is 493 g/mol. The number of fused-ring (bicyclic) bond motifs is 4. The third kappa shape index (κ3) is 3.18. The molecule has 1 aliphatic carbocycles. The van der Waals surface area contributed by atoms with Crippen molar-refractivity contribution in [2.45, 2.75) is 6.42 Å². The standard InChI is InChI=1S/C32H20N4S/c1-2-9-20(10-3-1)30-33-31(21-11-4-5-12-21)35-32(34-30)36-18-17-22-19-25-23-13-6-7-16-27(23)37-29(25)24-14-8-15-26(36)28(22)24/h1-11,13-19H,12H2. The Morgan fingerprint density at radius 2 is 1.59 bits per heavy atom. The molecule has 4 nitrogen and oxygen atoms in total. The minimum absolute atomic E-state index is 0.627. The Kier molecular flexibility index (Phi) is 4.42. The van der Waals surface area contributed by atoms with Crippen LogP contribution in [0.15, 0.2) is 103 Å². The lowest BCUT2D eigenvalue weighted by atomic mass is 9.97. The van der Waals surface area contributed by atoms with Crippen molar-refractivity contribution in [2.24, 2.45) is 0 Å². The van der Waals surface area contributed by atoms with Gasteiger partial charge in [-0.1, -0.05) is 78.9 Å². The first-order valence-corrected chi connectivity index (χ1v) is 13.2. The minimum Gasteiger partial charge on any atom is -0.285 e. The van der Waals surface area contributed by atoms with E-state index in [1.807, 2.05) is 41.7 Å². The van der Waals surface area contributed by atoms with E-state index in [0.717, 1.165) is 29.1 Å². The summed E-state index contributed by atoms with van der Waals surface area (Å²) >= 11 is 1.86. The number of hydrogen-bond acceptors (Lipinski definition) is 5. The van der Waals surface area contributed by atoms with E-state index in [1.165, 1.54) is 36.5 Å². The van der Waals surface area contributed by atoms with Crippen molar-refractivity contribution in [3.05, 3.63) is 115 Å². The first-order valence-electron chi connectivity index (χ1n) is 12.4. The summed E-state index contributed by atoms with van der Waals surface area (Å²) in [7, 11) is 0. The Hall–Kier alpha value is -4.61. The first-order chi connectivity index (χ1) is 18.3. The highest BCUT2D eigenvalue weighted by molar-refractivity contribution is 7.26. The molecule has 3 heterocycles. The molecule has 0 saturated carbocycles. The Morgan fingerprint density at radius 3 is 2.49 bits per heavy atom. The summed E-state index contributed by atoms with van der Waals surface area (Å²) in [6.45, 7) is 0. The lowest BCUT2D eigenvalue weighted by molar-refractivity contribution is 0.987. The minimum atomic E-state index is 0.627. The number of thiophene rings is 1. The number of nitrogens with zero attached hydrogens (tertiary/aromatic N) is 4. The molecule has 2 aromatic heterocycles. The molecule has 174 valence electrons. The van der Waals surface area contributed by atoms with Crippen LogP contribution in [0.4, 0.5) is 11.6 Å². The van der Waals surface area contributed by atoms with Crippen molar-refractivity contribution in [3.63, 3.8) is 0 Å². The van der Waals surface area contributed by atoms with Gasteiger partial charge in [0.1, 0.15) is 0 Å². The van der Waals surface area contributed by atoms with Crippen LogP contribution in [0.3, 0.4) is 0 Å². The van der Waals surface area contributed by atoms with Crippen LogP contribution < -0.4 is 4.90 Å². The first kappa shape index (κ1) is 20.6. The molecule has 6 aromatic rings. The summed E-state index contributed by atoms with van der Waals surface area (Å²) in [5, 5.41) is 5.12. The van der Waals surface area contributed by atoms with Gasteiger partial charge < -0.3 is 0 Å². The van der Waals surface area contributed by atoms with Gasteiger partial charge in [0.25, 0.3) is 0 Å². The van der Waals surface area contributed by atoms with Gasteiger partial charge in [0.05, 0.1) is 5.69 Å². The van der Waals surface area contributed by atoms with Crippen molar-refractivity contribution in [1.29, 1.82) is 0 Å². The summed E-state index contributed by atoms with van der Waals surface area (Å²) in [5.41, 5.74) is 4.39. The van der Waals surface area contributed by atoms with Crippen molar-refractivity contribution >= 4 is 65.6 Å². The van der Waals surface area contributed by atoms with Crippen LogP contribution >= 0.6 is 11.3 Å². The Balaban J connectivity index is 1.36. The van der Waals surface area contributed by atoms with Crippen molar-refractivity contribution in [1.82, 2.24) is 15.0 Å². The van der Waals surface area contributed by atoms with E-state index in [1.54, 1.807) is 0 Å². The van der Waals surface area contributed by atoms with Crippen LogP contribution in [-0.4, -0.2) is 15.0 Å². The normalized spacial score (nSPS) is 14.3. The van der Waals surface area contributed by atoms with Crippen molar-refractivity contribution in [2.75, 3.05) is 4.90 Å². The van der Waals surface area contributed by atoms with Crippen LogP contribution in [0, 0.1) is 0 Å². The quantitative estimate of drug-likeness (QED) is 0.248. The molecule has 0 unspecified atom stereocenters. The largest absolute Gasteiger partial charge is 0.285 e. The van der Waals surface area contributed by atoms with Gasteiger partial charge in [0.2, 0.25) is 5.95 Å². The summed E-state index contributed by atoms with van der Waals surface area (Å²) in [6.07, 6.45) is 11.4. The predicted molar refractivity (Wildman–Crippen MR) is 155 cm³/mol. The van der Waals surface area contributed by atoms with Gasteiger partial charge in [-0.25, -0.2) is 4.98 Å². The molecule has 0 spiro atoms. The predicted octanol–water partition coefficient (Wildman–Crippen LogP) is 8.53. The van der Waals surface area contributed by atoms with Crippen LogP contribution in [-0.2, 0) is 0 Å². The zero-order valence-corrected chi connectivity index (χ0v) is 20.6. The summed E-state index contributed by atoms with van der Waals surface area (Å²) < 4.78 is 2.63. The molecule has 0 saturated heterocycles. The maximum absolute atomic E-state index is 4.97. The van der Waals surface area contributed by atoms with Crippen LogP contribution in [0.5, 0.6) is 0 Å². The average Bonchev–Trinajstić information content (AvgIpc) is 3.63. The van der Waals surface area contributed by atoms with E-state index in [0.29, 0.717) is 11.8 Å². The van der Waals surface area contributed by atoms with Gasteiger partial charge in [-0.15, -0.1) is 11.3 Å². The van der Waals surface area contributed by atoms with Crippen molar-refractivity contribution in [3.8, 4) is 11.4 Å². The van der Waals surface area contributed by atoms with Crippen LogP contribution in [0.2, 0.25) is 0 Å². The molecule has 0 radical (unpaired) electrons. The second-order valence-electron chi connectivity index (χ2n) is 9.30. The number of anilines is 2. The molecule has 0 atom stereocenters. The molecule has 1 aliphatic heterocycles. The van der Waals surface area contributed by atoms with E-state index >= 15 is 0 Å². The van der Waals surface area contributed by atoms with Gasteiger partial charge in [-0.05, 0) is 36.3 Å². The highest BCUT2D eigenvalue weighted by atomic mass is 32.1. The topological polar surface area (TPSA) is 41.9 Å². The zero-order valence-electron chi connectivity index (χ0n) is 19.8. The summed E-state index contributed by atoms with van der Waals surface area (Å²) in [5.74, 6) is 2.03. The van der Waals surface area contributed by atoms with Gasteiger partial charge in [-0.2, -0.15) is 9.97 Å². The fraction of sp³-hybridized carbons (Fsp3) is 0.0312. The number of aromatic nitrogens is 3. The lowest BCUT2D eigenvalue weighted by Gasteiger charge is -2.25. The van der Waals surface area contributed by atoms with Gasteiger partial charge in [-0.3, -0.25) is 4.90 Å². The fourth-order valence-corrected chi connectivity index (χ4v) is 6.57. The lowest BCUT2D eigenvalue weighted by Crippen LogP contribution is -2.17. The molecular formula is C32H20N4S. The van der Waals surface area contributed by atoms with E-state index in [2.05, 4.69) is 83.9 Å². The highest BCUT2D eigenvalue weighted by Crippen LogP contribution is 2.45.